The van der Waals surface area contributed by atoms with Crippen LogP contribution in [0.15, 0.2) is 41.4 Å². The Balaban J connectivity index is 0.00000420. The van der Waals surface area contributed by atoms with Crippen molar-refractivity contribution in [3.05, 3.63) is 47.5 Å². The van der Waals surface area contributed by atoms with Gasteiger partial charge in [-0.3, -0.25) is 4.99 Å². The van der Waals surface area contributed by atoms with E-state index in [1.165, 1.54) is 0 Å². The molecule has 0 radical (unpaired) electrons. The number of benzene rings is 2. The Bertz CT molecular complexity index is 797. The van der Waals surface area contributed by atoms with Crippen LogP contribution in [0.3, 0.4) is 0 Å². The maximum Gasteiger partial charge on any atom is 0.203 e. The summed E-state index contributed by atoms with van der Waals surface area (Å²) in [6, 6.07) is 11.8. The van der Waals surface area contributed by atoms with E-state index >= 15 is 0 Å². The first kappa shape index (κ1) is 24.7. The molecular formula is C21H30IN3O4. The molecule has 0 heterocycles. The minimum atomic E-state index is 0. The van der Waals surface area contributed by atoms with E-state index in [2.05, 4.69) is 15.2 Å². The fraction of sp³-hybridized carbons (Fsp3) is 0.381. The van der Waals surface area contributed by atoms with Gasteiger partial charge in [-0.1, -0.05) is 12.1 Å². The van der Waals surface area contributed by atoms with Gasteiger partial charge in [0, 0.05) is 32.7 Å². The standard InChI is InChI=1S/C21H29N3O4.HI/c1-22-21(24(2)14-15-7-10-17(25-3)11-8-15)23-13-16-9-12-18(26-4)20(28-6)19(16)27-5;/h7-12H,13-14H2,1-6H3,(H,22,23);1H. The minimum Gasteiger partial charge on any atom is -0.497 e. The molecule has 0 aliphatic carbocycles. The molecule has 0 aliphatic heterocycles. The van der Waals surface area contributed by atoms with Crippen molar-refractivity contribution >= 4 is 29.9 Å². The summed E-state index contributed by atoms with van der Waals surface area (Å²) >= 11 is 0. The van der Waals surface area contributed by atoms with Gasteiger partial charge in [-0.2, -0.15) is 0 Å². The molecule has 0 saturated carbocycles. The lowest BCUT2D eigenvalue weighted by Crippen LogP contribution is -2.38. The summed E-state index contributed by atoms with van der Waals surface area (Å²) in [4.78, 5) is 6.43. The van der Waals surface area contributed by atoms with Gasteiger partial charge in [-0.15, -0.1) is 24.0 Å². The van der Waals surface area contributed by atoms with Crippen molar-refractivity contribution in [1.29, 1.82) is 0 Å². The second kappa shape index (κ2) is 12.3. The maximum atomic E-state index is 5.54. The van der Waals surface area contributed by atoms with Crippen LogP contribution >= 0.6 is 24.0 Å². The van der Waals surface area contributed by atoms with Crippen LogP contribution in [0.1, 0.15) is 11.1 Å². The van der Waals surface area contributed by atoms with E-state index in [9.17, 15) is 0 Å². The molecule has 0 amide bonds. The number of ether oxygens (including phenoxy) is 4. The Kier molecular flexibility index (Phi) is 10.4. The van der Waals surface area contributed by atoms with Gasteiger partial charge in [-0.05, 0) is 29.8 Å². The minimum absolute atomic E-state index is 0. The van der Waals surface area contributed by atoms with E-state index in [0.29, 0.717) is 30.3 Å². The van der Waals surface area contributed by atoms with Gasteiger partial charge in [0.25, 0.3) is 0 Å². The van der Waals surface area contributed by atoms with E-state index < -0.39 is 0 Å². The number of aliphatic imine (C=N–C) groups is 1. The predicted molar refractivity (Wildman–Crippen MR) is 126 cm³/mol. The SMILES string of the molecule is CN=C(NCc1ccc(OC)c(OC)c1OC)N(C)Cc1ccc(OC)cc1.I. The van der Waals surface area contributed by atoms with Crippen molar-refractivity contribution < 1.29 is 18.9 Å². The summed E-state index contributed by atoms with van der Waals surface area (Å²) in [7, 11) is 10.2. The van der Waals surface area contributed by atoms with E-state index in [-0.39, 0.29) is 24.0 Å². The van der Waals surface area contributed by atoms with Crippen LogP contribution in [-0.2, 0) is 13.1 Å². The molecule has 0 aromatic heterocycles. The molecule has 29 heavy (non-hydrogen) atoms. The molecule has 160 valence electrons. The number of nitrogens with one attached hydrogen (secondary N) is 1. The Hall–Kier alpha value is -2.36. The van der Waals surface area contributed by atoms with Crippen molar-refractivity contribution in [3.8, 4) is 23.0 Å². The zero-order chi connectivity index (χ0) is 20.5. The smallest absolute Gasteiger partial charge is 0.203 e. The van der Waals surface area contributed by atoms with Crippen LogP contribution in [0, 0.1) is 0 Å². The lowest BCUT2D eigenvalue weighted by molar-refractivity contribution is 0.322. The number of methoxy groups -OCH3 is 4. The van der Waals surface area contributed by atoms with Gasteiger partial charge in [0.1, 0.15) is 5.75 Å². The molecule has 0 unspecified atom stereocenters. The van der Waals surface area contributed by atoms with Crippen molar-refractivity contribution in [2.45, 2.75) is 13.1 Å². The highest BCUT2D eigenvalue weighted by Crippen LogP contribution is 2.39. The molecular weight excluding hydrogens is 485 g/mol. The van der Waals surface area contributed by atoms with Crippen molar-refractivity contribution in [1.82, 2.24) is 10.2 Å². The molecule has 0 aliphatic rings. The number of hydrogen-bond donors (Lipinski definition) is 1. The molecule has 0 fully saturated rings. The van der Waals surface area contributed by atoms with Gasteiger partial charge in [0.15, 0.2) is 17.5 Å². The maximum absolute atomic E-state index is 5.54. The summed E-state index contributed by atoms with van der Waals surface area (Å²) < 4.78 is 21.5. The van der Waals surface area contributed by atoms with E-state index in [1.807, 2.05) is 43.4 Å². The van der Waals surface area contributed by atoms with Crippen LogP contribution in [-0.4, -0.2) is 53.4 Å². The predicted octanol–water partition coefficient (Wildman–Crippen LogP) is 3.55. The second-order valence-electron chi connectivity index (χ2n) is 6.10. The third kappa shape index (κ3) is 6.31. The van der Waals surface area contributed by atoms with E-state index in [0.717, 1.165) is 22.8 Å². The molecule has 1 N–H and O–H groups in total. The highest BCUT2D eigenvalue weighted by Gasteiger charge is 2.16. The van der Waals surface area contributed by atoms with Crippen molar-refractivity contribution in [2.75, 3.05) is 42.5 Å². The molecule has 7 nitrogen and oxygen atoms in total. The van der Waals surface area contributed by atoms with Crippen LogP contribution in [0.5, 0.6) is 23.0 Å². The number of hydrogen-bond acceptors (Lipinski definition) is 5. The zero-order valence-electron chi connectivity index (χ0n) is 17.8. The fourth-order valence-corrected chi connectivity index (χ4v) is 2.94. The Labute approximate surface area is 190 Å². The number of halogens is 1. The topological polar surface area (TPSA) is 64.6 Å². The Morgan fingerprint density at radius 1 is 0.897 bits per heavy atom. The first-order chi connectivity index (χ1) is 13.6. The van der Waals surface area contributed by atoms with Gasteiger partial charge in [0.2, 0.25) is 5.75 Å². The lowest BCUT2D eigenvalue weighted by atomic mass is 10.1. The normalized spacial score (nSPS) is 10.6. The molecule has 2 aromatic carbocycles. The average Bonchev–Trinajstić information content (AvgIpc) is 2.73. The van der Waals surface area contributed by atoms with Crippen LogP contribution < -0.4 is 24.3 Å². The summed E-state index contributed by atoms with van der Waals surface area (Å²) in [5.41, 5.74) is 2.11. The quantitative estimate of drug-likeness (QED) is 0.330. The summed E-state index contributed by atoms with van der Waals surface area (Å²) in [6.45, 7) is 1.25. The second-order valence-corrected chi connectivity index (χ2v) is 6.10. The number of rotatable bonds is 8. The summed E-state index contributed by atoms with van der Waals surface area (Å²) in [5, 5.41) is 3.37. The molecule has 0 atom stereocenters. The van der Waals surface area contributed by atoms with Crippen molar-refractivity contribution in [3.63, 3.8) is 0 Å². The van der Waals surface area contributed by atoms with Gasteiger partial charge < -0.3 is 29.2 Å². The largest absolute Gasteiger partial charge is 0.497 e. The van der Waals surface area contributed by atoms with Crippen molar-refractivity contribution in [2.24, 2.45) is 4.99 Å². The Morgan fingerprint density at radius 2 is 1.55 bits per heavy atom. The molecule has 2 aromatic rings. The van der Waals surface area contributed by atoms with E-state index in [4.69, 9.17) is 18.9 Å². The molecule has 0 spiro atoms. The molecule has 8 heteroatoms. The van der Waals surface area contributed by atoms with Crippen LogP contribution in [0.4, 0.5) is 0 Å². The Morgan fingerprint density at radius 3 is 2.07 bits per heavy atom. The highest BCUT2D eigenvalue weighted by molar-refractivity contribution is 14.0. The number of guanidine groups is 1. The monoisotopic (exact) mass is 515 g/mol. The van der Waals surface area contributed by atoms with Gasteiger partial charge in [-0.25, -0.2) is 0 Å². The highest BCUT2D eigenvalue weighted by atomic mass is 127. The summed E-state index contributed by atoms with van der Waals surface area (Å²) in [5.74, 6) is 3.46. The van der Waals surface area contributed by atoms with Gasteiger partial charge >= 0.3 is 0 Å². The molecule has 0 saturated heterocycles. The van der Waals surface area contributed by atoms with E-state index in [1.54, 1.807) is 35.5 Å². The number of nitrogens with zero attached hydrogens (tertiary/aromatic N) is 2. The zero-order valence-corrected chi connectivity index (χ0v) is 20.1. The third-order valence-corrected chi connectivity index (χ3v) is 4.37. The molecule has 2 rings (SSSR count). The lowest BCUT2D eigenvalue weighted by Gasteiger charge is -2.23. The van der Waals surface area contributed by atoms with Gasteiger partial charge in [0.05, 0.1) is 28.4 Å². The van der Waals surface area contributed by atoms with Crippen LogP contribution in [0.25, 0.3) is 0 Å². The fourth-order valence-electron chi connectivity index (χ4n) is 2.94. The first-order valence-electron chi connectivity index (χ1n) is 8.90. The molecule has 0 bridgehead atoms. The first-order valence-corrected chi connectivity index (χ1v) is 8.90. The summed E-state index contributed by atoms with van der Waals surface area (Å²) in [6.07, 6.45) is 0. The van der Waals surface area contributed by atoms with Crippen LogP contribution in [0.2, 0.25) is 0 Å². The average molecular weight is 515 g/mol. The third-order valence-electron chi connectivity index (χ3n) is 4.37.